The third-order valence-electron chi connectivity index (χ3n) is 3.58. The van der Waals surface area contributed by atoms with Crippen LogP contribution in [-0.4, -0.2) is 50.1 Å². The first kappa shape index (κ1) is 13.7. The first-order valence-electron chi connectivity index (χ1n) is 6.46. The molecular weight excluding hydrogens is 242 g/mol. The van der Waals surface area contributed by atoms with Gasteiger partial charge in [-0.25, -0.2) is 0 Å². The number of nitrogens with zero attached hydrogens (tertiary/aromatic N) is 2. The Labute approximate surface area is 113 Å². The monoisotopic (exact) mass is 263 g/mol. The molecule has 5 heteroatoms. The highest BCUT2D eigenvalue weighted by molar-refractivity contribution is 5.87. The lowest BCUT2D eigenvalue weighted by Crippen LogP contribution is -2.62. The first-order chi connectivity index (χ1) is 9.08. The number of rotatable bonds is 3. The summed E-state index contributed by atoms with van der Waals surface area (Å²) in [4.78, 5) is 16.1. The van der Waals surface area contributed by atoms with Gasteiger partial charge < -0.3 is 20.3 Å². The standard InChI is InChI=1S/C14H21N3O2/c1-10-9-16(2)14(18)13(8-15)17(10)11-5-4-6-12(7-11)19-3/h4-7,10,13H,8-9,15H2,1-3H3. The van der Waals surface area contributed by atoms with Crippen LogP contribution in [0.4, 0.5) is 5.69 Å². The van der Waals surface area contributed by atoms with E-state index in [1.165, 1.54) is 0 Å². The van der Waals surface area contributed by atoms with Gasteiger partial charge in [-0.3, -0.25) is 4.79 Å². The van der Waals surface area contributed by atoms with E-state index in [1.54, 1.807) is 12.0 Å². The molecule has 1 aromatic carbocycles. The van der Waals surface area contributed by atoms with Gasteiger partial charge in [0.25, 0.3) is 0 Å². The lowest BCUT2D eigenvalue weighted by atomic mass is 10.0. The molecule has 2 atom stereocenters. The molecule has 1 aliphatic rings. The fourth-order valence-electron chi connectivity index (χ4n) is 2.67. The average molecular weight is 263 g/mol. The zero-order valence-corrected chi connectivity index (χ0v) is 11.7. The molecule has 2 N–H and O–H groups in total. The zero-order chi connectivity index (χ0) is 14.0. The van der Waals surface area contributed by atoms with E-state index >= 15 is 0 Å². The second-order valence-electron chi connectivity index (χ2n) is 4.93. The van der Waals surface area contributed by atoms with Gasteiger partial charge in [0.15, 0.2) is 0 Å². The molecule has 1 heterocycles. The van der Waals surface area contributed by atoms with Crippen molar-refractivity contribution in [1.29, 1.82) is 0 Å². The normalized spacial score (nSPS) is 23.7. The SMILES string of the molecule is COc1cccc(N2C(C)CN(C)C(=O)C2CN)c1. The van der Waals surface area contributed by atoms with Gasteiger partial charge in [-0.15, -0.1) is 0 Å². The number of amides is 1. The first-order valence-corrected chi connectivity index (χ1v) is 6.46. The molecule has 2 unspecified atom stereocenters. The average Bonchev–Trinajstić information content (AvgIpc) is 2.42. The molecule has 0 saturated carbocycles. The molecule has 5 nitrogen and oxygen atoms in total. The zero-order valence-electron chi connectivity index (χ0n) is 11.7. The molecule has 1 saturated heterocycles. The largest absolute Gasteiger partial charge is 0.497 e. The van der Waals surface area contributed by atoms with Crippen LogP contribution in [0.5, 0.6) is 5.75 Å². The number of anilines is 1. The van der Waals surface area contributed by atoms with Gasteiger partial charge in [-0.2, -0.15) is 0 Å². The molecule has 0 aliphatic carbocycles. The highest BCUT2D eigenvalue weighted by Crippen LogP contribution is 2.27. The Balaban J connectivity index is 2.36. The van der Waals surface area contributed by atoms with Crippen LogP contribution < -0.4 is 15.4 Å². The molecule has 1 amide bonds. The third-order valence-corrected chi connectivity index (χ3v) is 3.58. The molecule has 1 aromatic rings. The van der Waals surface area contributed by atoms with E-state index in [0.717, 1.165) is 11.4 Å². The van der Waals surface area contributed by atoms with Gasteiger partial charge >= 0.3 is 0 Å². The van der Waals surface area contributed by atoms with Crippen molar-refractivity contribution in [2.75, 3.05) is 32.1 Å². The molecule has 104 valence electrons. The van der Waals surface area contributed by atoms with Gasteiger partial charge in [0.05, 0.1) is 7.11 Å². The maximum absolute atomic E-state index is 12.2. The minimum absolute atomic E-state index is 0.0726. The molecule has 2 rings (SSSR count). The van der Waals surface area contributed by atoms with Gasteiger partial charge in [0.2, 0.25) is 5.91 Å². The van der Waals surface area contributed by atoms with Crippen molar-refractivity contribution >= 4 is 11.6 Å². The lowest BCUT2D eigenvalue weighted by Gasteiger charge is -2.44. The Hall–Kier alpha value is -1.75. The number of methoxy groups -OCH3 is 1. The number of benzene rings is 1. The topological polar surface area (TPSA) is 58.8 Å². The number of piperazine rings is 1. The fourth-order valence-corrected chi connectivity index (χ4v) is 2.67. The number of carbonyl (C=O) groups is 1. The van der Waals surface area contributed by atoms with Crippen LogP contribution >= 0.6 is 0 Å². The van der Waals surface area contributed by atoms with Crippen molar-refractivity contribution < 1.29 is 9.53 Å². The summed E-state index contributed by atoms with van der Waals surface area (Å²) in [6.07, 6.45) is 0. The van der Waals surface area contributed by atoms with Crippen LogP contribution in [0.3, 0.4) is 0 Å². The molecule has 1 aliphatic heterocycles. The van der Waals surface area contributed by atoms with Crippen LogP contribution in [0.1, 0.15) is 6.92 Å². The van der Waals surface area contributed by atoms with Crippen LogP contribution in [0.15, 0.2) is 24.3 Å². The molecule has 1 fully saturated rings. The summed E-state index contributed by atoms with van der Waals surface area (Å²) in [5, 5.41) is 0. The number of likely N-dealkylation sites (N-methyl/N-ethyl adjacent to an activating group) is 1. The molecule has 0 bridgehead atoms. The number of nitrogens with two attached hydrogens (primary N) is 1. The Morgan fingerprint density at radius 1 is 1.47 bits per heavy atom. The maximum Gasteiger partial charge on any atom is 0.246 e. The van der Waals surface area contributed by atoms with Crippen molar-refractivity contribution in [2.45, 2.75) is 19.0 Å². The van der Waals surface area contributed by atoms with Crippen LogP contribution in [0, 0.1) is 0 Å². The number of hydrogen-bond acceptors (Lipinski definition) is 4. The summed E-state index contributed by atoms with van der Waals surface area (Å²) in [5.41, 5.74) is 6.77. The predicted molar refractivity (Wildman–Crippen MR) is 75.4 cm³/mol. The van der Waals surface area contributed by atoms with Crippen molar-refractivity contribution in [3.8, 4) is 5.75 Å². The third kappa shape index (κ3) is 2.51. The lowest BCUT2D eigenvalue weighted by molar-refractivity contribution is -0.133. The Morgan fingerprint density at radius 2 is 2.21 bits per heavy atom. The van der Waals surface area contributed by atoms with Crippen molar-refractivity contribution in [3.63, 3.8) is 0 Å². The van der Waals surface area contributed by atoms with E-state index in [9.17, 15) is 4.79 Å². The second kappa shape index (κ2) is 5.48. The second-order valence-corrected chi connectivity index (χ2v) is 4.93. The van der Waals surface area contributed by atoms with Crippen molar-refractivity contribution in [3.05, 3.63) is 24.3 Å². The minimum atomic E-state index is -0.305. The van der Waals surface area contributed by atoms with E-state index in [2.05, 4.69) is 11.8 Å². The minimum Gasteiger partial charge on any atom is -0.497 e. The van der Waals surface area contributed by atoms with Crippen LogP contribution in [0.25, 0.3) is 0 Å². The van der Waals surface area contributed by atoms with Crippen molar-refractivity contribution in [1.82, 2.24) is 4.90 Å². The summed E-state index contributed by atoms with van der Waals surface area (Å²) in [5.74, 6) is 0.857. The summed E-state index contributed by atoms with van der Waals surface area (Å²) in [7, 11) is 3.46. The van der Waals surface area contributed by atoms with Gasteiger partial charge in [0.1, 0.15) is 11.8 Å². The van der Waals surface area contributed by atoms with Crippen LogP contribution in [-0.2, 0) is 4.79 Å². The summed E-state index contributed by atoms with van der Waals surface area (Å²) < 4.78 is 5.24. The molecule has 19 heavy (non-hydrogen) atoms. The predicted octanol–water partition coefficient (Wildman–Crippen LogP) is 0.689. The summed E-state index contributed by atoms with van der Waals surface area (Å²) in [6.45, 7) is 3.11. The van der Waals surface area contributed by atoms with Crippen molar-refractivity contribution in [2.24, 2.45) is 5.73 Å². The fraction of sp³-hybridized carbons (Fsp3) is 0.500. The molecular formula is C14H21N3O2. The van der Waals surface area contributed by atoms with E-state index in [4.69, 9.17) is 10.5 Å². The molecule has 0 radical (unpaired) electrons. The Bertz CT molecular complexity index is 464. The highest BCUT2D eigenvalue weighted by Gasteiger charge is 2.36. The highest BCUT2D eigenvalue weighted by atomic mass is 16.5. The van der Waals surface area contributed by atoms with Gasteiger partial charge in [-0.1, -0.05) is 6.07 Å². The van der Waals surface area contributed by atoms with Gasteiger partial charge in [0, 0.05) is 37.9 Å². The molecule has 0 spiro atoms. The Kier molecular flexibility index (Phi) is 3.95. The maximum atomic E-state index is 12.2. The quantitative estimate of drug-likeness (QED) is 0.871. The molecule has 0 aromatic heterocycles. The summed E-state index contributed by atoms with van der Waals surface area (Å²) in [6, 6.07) is 7.67. The van der Waals surface area contributed by atoms with E-state index in [-0.39, 0.29) is 18.0 Å². The number of carbonyl (C=O) groups excluding carboxylic acids is 1. The van der Waals surface area contributed by atoms with E-state index in [1.807, 2.05) is 31.3 Å². The van der Waals surface area contributed by atoms with E-state index < -0.39 is 0 Å². The van der Waals surface area contributed by atoms with Crippen LogP contribution in [0.2, 0.25) is 0 Å². The summed E-state index contributed by atoms with van der Waals surface area (Å²) >= 11 is 0. The number of ether oxygens (including phenoxy) is 1. The van der Waals surface area contributed by atoms with E-state index in [0.29, 0.717) is 13.1 Å². The smallest absolute Gasteiger partial charge is 0.246 e. The Morgan fingerprint density at radius 3 is 2.84 bits per heavy atom. The number of hydrogen-bond donors (Lipinski definition) is 1. The van der Waals surface area contributed by atoms with Gasteiger partial charge in [-0.05, 0) is 19.1 Å².